The fourth-order valence-electron chi connectivity index (χ4n) is 0.872. The van der Waals surface area contributed by atoms with E-state index >= 15 is 0 Å². The molecule has 0 aromatic carbocycles. The molecule has 0 saturated heterocycles. The number of nitrogens with zero attached hydrogens (tertiary/aromatic N) is 3. The maximum Gasteiger partial charge on any atom is 0.348 e. The van der Waals surface area contributed by atoms with E-state index in [0.717, 1.165) is 0 Å². The molecule has 0 aromatic rings. The lowest BCUT2D eigenvalue weighted by Gasteiger charge is -1.88. The minimum absolute atomic E-state index is 0.137. The van der Waals surface area contributed by atoms with E-state index in [1.807, 2.05) is 0 Å². The third kappa shape index (κ3) is 1.15. The number of ether oxygens (including phenoxy) is 1. The summed E-state index contributed by atoms with van der Waals surface area (Å²) in [5.74, 6) is -1.58. The highest BCUT2D eigenvalue weighted by Gasteiger charge is 2.30. The topological polar surface area (TPSA) is 92.1 Å². The summed E-state index contributed by atoms with van der Waals surface area (Å²) in [6.45, 7) is 1.67. The van der Waals surface area contributed by atoms with Crippen molar-refractivity contribution < 1.29 is 14.3 Å². The predicted octanol–water partition coefficient (Wildman–Crippen LogP) is 1.04. The molecule has 0 amide bonds. The van der Waals surface area contributed by atoms with Gasteiger partial charge in [-0.2, -0.15) is 0 Å². The zero-order valence-electron chi connectivity index (χ0n) is 6.27. The maximum absolute atomic E-state index is 10.8. The van der Waals surface area contributed by atoms with E-state index in [1.165, 1.54) is 0 Å². The maximum atomic E-state index is 10.8. The van der Waals surface area contributed by atoms with Crippen LogP contribution in [0.2, 0.25) is 0 Å². The monoisotopic (exact) mass is 167 g/mol. The van der Waals surface area contributed by atoms with E-state index in [4.69, 9.17) is 5.53 Å². The molecule has 62 valence electrons. The van der Waals surface area contributed by atoms with Crippen LogP contribution >= 0.6 is 0 Å². The van der Waals surface area contributed by atoms with Crippen molar-refractivity contribution in [3.8, 4) is 0 Å². The van der Waals surface area contributed by atoms with Gasteiger partial charge in [-0.1, -0.05) is 12.0 Å². The minimum Gasteiger partial charge on any atom is -0.386 e. The fraction of sp³-hybridized carbons (Fsp3) is 0.333. The molecule has 0 aliphatic carbocycles. The van der Waals surface area contributed by atoms with Crippen LogP contribution in [0.3, 0.4) is 0 Å². The molecule has 0 N–H and O–H groups in total. The van der Waals surface area contributed by atoms with E-state index < -0.39 is 11.9 Å². The molecule has 6 heteroatoms. The van der Waals surface area contributed by atoms with Crippen molar-refractivity contribution in [2.45, 2.75) is 13.3 Å². The van der Waals surface area contributed by atoms with Crippen LogP contribution in [0.15, 0.2) is 16.4 Å². The Bertz CT molecular complexity index is 325. The average molecular weight is 167 g/mol. The Morgan fingerprint density at radius 3 is 2.67 bits per heavy atom. The Kier molecular flexibility index (Phi) is 2.11. The van der Waals surface area contributed by atoms with Crippen LogP contribution in [0.1, 0.15) is 13.3 Å². The first-order valence-corrected chi connectivity index (χ1v) is 3.25. The van der Waals surface area contributed by atoms with Gasteiger partial charge in [0.1, 0.15) is 5.70 Å². The highest BCUT2D eigenvalue weighted by molar-refractivity contribution is 6.12. The van der Waals surface area contributed by atoms with E-state index in [-0.39, 0.29) is 11.3 Å². The van der Waals surface area contributed by atoms with Crippen molar-refractivity contribution in [3.05, 3.63) is 21.7 Å². The van der Waals surface area contributed by atoms with Crippen LogP contribution in [0.25, 0.3) is 10.4 Å². The summed E-state index contributed by atoms with van der Waals surface area (Å²) in [4.78, 5) is 24.0. The molecule has 1 rings (SSSR count). The second-order valence-electron chi connectivity index (χ2n) is 2.05. The Morgan fingerprint density at radius 2 is 2.17 bits per heavy atom. The largest absolute Gasteiger partial charge is 0.386 e. The summed E-state index contributed by atoms with van der Waals surface area (Å²) >= 11 is 0. The summed E-state index contributed by atoms with van der Waals surface area (Å²) in [5.41, 5.74) is 7.97. The number of hydrogen-bond acceptors (Lipinski definition) is 4. The van der Waals surface area contributed by atoms with Crippen molar-refractivity contribution in [2.24, 2.45) is 5.11 Å². The summed E-state index contributed by atoms with van der Waals surface area (Å²) in [6, 6.07) is 0. The average Bonchev–Trinajstić information content (AvgIpc) is 2.28. The summed E-state index contributed by atoms with van der Waals surface area (Å²) in [7, 11) is 0. The Labute approximate surface area is 67.4 Å². The van der Waals surface area contributed by atoms with Crippen LogP contribution in [0.5, 0.6) is 0 Å². The van der Waals surface area contributed by atoms with Gasteiger partial charge >= 0.3 is 11.9 Å². The van der Waals surface area contributed by atoms with Gasteiger partial charge in [0, 0.05) is 4.91 Å². The van der Waals surface area contributed by atoms with Gasteiger partial charge in [-0.15, -0.1) is 0 Å². The zero-order chi connectivity index (χ0) is 9.14. The van der Waals surface area contributed by atoms with E-state index in [2.05, 4.69) is 14.8 Å². The van der Waals surface area contributed by atoms with Crippen LogP contribution in [0, 0.1) is 0 Å². The number of esters is 2. The molecule has 0 fully saturated rings. The van der Waals surface area contributed by atoms with Crippen LogP contribution in [-0.2, 0) is 14.3 Å². The standard InChI is InChI=1S/C6H5N3O3/c1-2-3-4(8-9-7)6(11)12-5(3)10/h2H2,1H3. The molecule has 0 unspecified atom stereocenters. The molecule has 1 aliphatic rings. The number of carbonyl (C=O) groups is 2. The van der Waals surface area contributed by atoms with Gasteiger partial charge in [-0.05, 0) is 12.0 Å². The van der Waals surface area contributed by atoms with Crippen molar-refractivity contribution in [1.82, 2.24) is 0 Å². The van der Waals surface area contributed by atoms with Crippen molar-refractivity contribution >= 4 is 11.9 Å². The van der Waals surface area contributed by atoms with Gasteiger partial charge in [0.25, 0.3) is 0 Å². The van der Waals surface area contributed by atoms with Crippen molar-refractivity contribution in [1.29, 1.82) is 0 Å². The predicted molar refractivity (Wildman–Crippen MR) is 37.6 cm³/mol. The normalized spacial score (nSPS) is 16.1. The number of cyclic esters (lactones) is 2. The summed E-state index contributed by atoms with van der Waals surface area (Å²) < 4.78 is 4.21. The SMILES string of the molecule is CCC1=C(N=[N+]=[N-])C(=O)OC1=O. The first kappa shape index (κ1) is 8.29. The number of hydrogen-bond donors (Lipinski definition) is 0. The molecule has 1 aliphatic heterocycles. The summed E-state index contributed by atoms with van der Waals surface area (Å²) in [5, 5.41) is 3.07. The minimum atomic E-state index is -0.866. The smallest absolute Gasteiger partial charge is 0.348 e. The third-order valence-corrected chi connectivity index (χ3v) is 1.41. The third-order valence-electron chi connectivity index (χ3n) is 1.41. The number of azide groups is 1. The highest BCUT2D eigenvalue weighted by Crippen LogP contribution is 2.20. The molecule has 6 nitrogen and oxygen atoms in total. The second-order valence-corrected chi connectivity index (χ2v) is 2.05. The summed E-state index contributed by atoms with van der Waals surface area (Å²) in [6.07, 6.45) is 0.318. The lowest BCUT2D eigenvalue weighted by Crippen LogP contribution is -2.01. The van der Waals surface area contributed by atoms with Gasteiger partial charge < -0.3 is 4.74 Å². The molecule has 0 bridgehead atoms. The molecule has 0 radical (unpaired) electrons. The van der Waals surface area contributed by atoms with E-state index in [0.29, 0.717) is 6.42 Å². The van der Waals surface area contributed by atoms with E-state index in [9.17, 15) is 9.59 Å². The Balaban J connectivity index is 3.17. The molecule has 12 heavy (non-hydrogen) atoms. The molecule has 0 atom stereocenters. The molecule has 0 aromatic heterocycles. The fourth-order valence-corrected chi connectivity index (χ4v) is 0.872. The number of carbonyl (C=O) groups excluding carboxylic acids is 2. The number of rotatable bonds is 2. The first-order chi connectivity index (χ1) is 5.70. The quantitative estimate of drug-likeness (QED) is 0.202. The van der Waals surface area contributed by atoms with Crippen LogP contribution in [0.4, 0.5) is 0 Å². The van der Waals surface area contributed by atoms with Crippen LogP contribution in [-0.4, -0.2) is 11.9 Å². The van der Waals surface area contributed by atoms with Crippen LogP contribution < -0.4 is 0 Å². The molecular weight excluding hydrogens is 162 g/mol. The first-order valence-electron chi connectivity index (χ1n) is 3.25. The molecule has 0 saturated carbocycles. The van der Waals surface area contributed by atoms with Crippen molar-refractivity contribution in [3.63, 3.8) is 0 Å². The Morgan fingerprint density at radius 1 is 1.50 bits per heavy atom. The zero-order valence-corrected chi connectivity index (χ0v) is 6.27. The van der Waals surface area contributed by atoms with Gasteiger partial charge in [-0.3, -0.25) is 0 Å². The lowest BCUT2D eigenvalue weighted by molar-refractivity contribution is -0.151. The van der Waals surface area contributed by atoms with Gasteiger partial charge in [0.05, 0.1) is 5.57 Å². The molecular formula is C6H5N3O3. The highest BCUT2D eigenvalue weighted by atomic mass is 16.6. The van der Waals surface area contributed by atoms with Crippen molar-refractivity contribution in [2.75, 3.05) is 0 Å². The van der Waals surface area contributed by atoms with Gasteiger partial charge in [0.15, 0.2) is 0 Å². The molecule has 0 spiro atoms. The van der Waals surface area contributed by atoms with Gasteiger partial charge in [-0.25, -0.2) is 9.59 Å². The second kappa shape index (κ2) is 3.06. The lowest BCUT2D eigenvalue weighted by atomic mass is 10.2. The Hall–Kier alpha value is -1.81. The van der Waals surface area contributed by atoms with E-state index in [1.54, 1.807) is 6.92 Å². The molecule has 1 heterocycles. The van der Waals surface area contributed by atoms with Gasteiger partial charge in [0.2, 0.25) is 0 Å².